The number of nitrogens with one attached hydrogen (secondary N) is 2. The van der Waals surface area contributed by atoms with Gasteiger partial charge in [0.05, 0.1) is 11.9 Å². The van der Waals surface area contributed by atoms with Crippen LogP contribution in [0.3, 0.4) is 0 Å². The summed E-state index contributed by atoms with van der Waals surface area (Å²) in [5.74, 6) is 0. The van der Waals surface area contributed by atoms with Crippen LogP contribution in [0.15, 0.2) is 23.3 Å². The highest BCUT2D eigenvalue weighted by Gasteiger charge is 1.93. The van der Waals surface area contributed by atoms with Crippen molar-refractivity contribution in [3.8, 4) is 0 Å². The molecule has 3 nitrogen and oxygen atoms in total. The highest BCUT2D eigenvalue weighted by Crippen LogP contribution is 2.13. The lowest BCUT2D eigenvalue weighted by atomic mass is 10.1. The Balaban J connectivity index is 0.000000921. The summed E-state index contributed by atoms with van der Waals surface area (Å²) in [6.45, 7) is 8.13. The van der Waals surface area contributed by atoms with Crippen LogP contribution < -0.4 is 5.43 Å². The molecule has 82 valence electrons. The molecule has 1 aromatic carbocycles. The van der Waals surface area contributed by atoms with E-state index >= 15 is 0 Å². The van der Waals surface area contributed by atoms with E-state index in [0.29, 0.717) is 0 Å². The summed E-state index contributed by atoms with van der Waals surface area (Å²) < 4.78 is 0. The van der Waals surface area contributed by atoms with Gasteiger partial charge in [0, 0.05) is 6.21 Å². The molecule has 0 aliphatic rings. The standard InChI is InChI=1S/C10H13N3.C2H6/c1-8-3-4-10(7-9(8)2)13-12-6-5-11;1-2/h3-7,11,13H,1-2H3;1-2H3/b11-5?,12-6-;. The highest BCUT2D eigenvalue weighted by molar-refractivity contribution is 6.14. The quantitative estimate of drug-likeness (QED) is 0.576. The van der Waals surface area contributed by atoms with Gasteiger partial charge in [0.1, 0.15) is 0 Å². The molecule has 0 bridgehead atoms. The van der Waals surface area contributed by atoms with Gasteiger partial charge in [-0.1, -0.05) is 19.9 Å². The summed E-state index contributed by atoms with van der Waals surface area (Å²) in [5, 5.41) is 10.5. The van der Waals surface area contributed by atoms with Crippen LogP contribution in [-0.4, -0.2) is 12.4 Å². The number of rotatable bonds is 3. The van der Waals surface area contributed by atoms with Crippen molar-refractivity contribution in [3.63, 3.8) is 0 Å². The fraction of sp³-hybridized carbons (Fsp3) is 0.333. The summed E-state index contributed by atoms with van der Waals surface area (Å²) in [6.07, 6.45) is 2.53. The summed E-state index contributed by atoms with van der Waals surface area (Å²) >= 11 is 0. The molecule has 0 aliphatic heterocycles. The molecule has 0 amide bonds. The first-order valence-corrected chi connectivity index (χ1v) is 5.09. The van der Waals surface area contributed by atoms with Crippen molar-refractivity contribution in [2.45, 2.75) is 27.7 Å². The Bertz CT molecular complexity index is 330. The molecule has 3 heteroatoms. The van der Waals surface area contributed by atoms with Gasteiger partial charge >= 0.3 is 0 Å². The highest BCUT2D eigenvalue weighted by atomic mass is 15.3. The normalized spacial score (nSPS) is 9.33. The van der Waals surface area contributed by atoms with E-state index in [-0.39, 0.29) is 0 Å². The van der Waals surface area contributed by atoms with E-state index in [1.54, 1.807) is 0 Å². The van der Waals surface area contributed by atoms with Crippen molar-refractivity contribution in [1.82, 2.24) is 0 Å². The lowest BCUT2D eigenvalue weighted by Gasteiger charge is -2.03. The average molecular weight is 205 g/mol. The van der Waals surface area contributed by atoms with Gasteiger partial charge in [0.15, 0.2) is 0 Å². The maximum atomic E-state index is 6.73. The molecule has 1 aromatic rings. The van der Waals surface area contributed by atoms with Crippen molar-refractivity contribution in [2.75, 3.05) is 5.43 Å². The minimum absolute atomic E-state index is 0.946. The molecule has 0 saturated heterocycles. The van der Waals surface area contributed by atoms with Crippen LogP contribution in [0.25, 0.3) is 0 Å². The van der Waals surface area contributed by atoms with Crippen LogP contribution in [-0.2, 0) is 0 Å². The van der Waals surface area contributed by atoms with E-state index in [1.165, 1.54) is 17.3 Å². The van der Waals surface area contributed by atoms with Crippen molar-refractivity contribution < 1.29 is 0 Å². The van der Waals surface area contributed by atoms with Gasteiger partial charge in [-0.3, -0.25) is 5.43 Å². The first-order valence-electron chi connectivity index (χ1n) is 5.09. The number of hydrogen-bond donors (Lipinski definition) is 2. The van der Waals surface area contributed by atoms with E-state index in [9.17, 15) is 0 Å². The van der Waals surface area contributed by atoms with Gasteiger partial charge in [0.25, 0.3) is 0 Å². The molecule has 15 heavy (non-hydrogen) atoms. The van der Waals surface area contributed by atoms with Gasteiger partial charge in [0.2, 0.25) is 0 Å². The Hall–Kier alpha value is -1.64. The molecule has 0 unspecified atom stereocenters. The van der Waals surface area contributed by atoms with Crippen molar-refractivity contribution in [3.05, 3.63) is 29.3 Å². The van der Waals surface area contributed by atoms with Gasteiger partial charge in [-0.25, -0.2) is 0 Å². The van der Waals surface area contributed by atoms with E-state index in [1.807, 2.05) is 32.0 Å². The minimum Gasteiger partial charge on any atom is -0.307 e. The predicted molar refractivity (Wildman–Crippen MR) is 68.2 cm³/mol. The van der Waals surface area contributed by atoms with Crippen LogP contribution >= 0.6 is 0 Å². The minimum atomic E-state index is 0.946. The molecule has 0 aliphatic carbocycles. The monoisotopic (exact) mass is 205 g/mol. The Morgan fingerprint density at radius 2 is 1.87 bits per heavy atom. The van der Waals surface area contributed by atoms with Crippen molar-refractivity contribution in [1.29, 1.82) is 5.41 Å². The molecule has 2 N–H and O–H groups in total. The lowest BCUT2D eigenvalue weighted by Crippen LogP contribution is -1.91. The maximum absolute atomic E-state index is 6.73. The number of nitrogens with zero attached hydrogens (tertiary/aromatic N) is 1. The maximum Gasteiger partial charge on any atom is 0.0648 e. The molecule has 0 spiro atoms. The van der Waals surface area contributed by atoms with E-state index in [2.05, 4.69) is 24.4 Å². The third-order valence-corrected chi connectivity index (χ3v) is 1.85. The van der Waals surface area contributed by atoms with Crippen LogP contribution in [0.2, 0.25) is 0 Å². The fourth-order valence-electron chi connectivity index (χ4n) is 0.960. The average Bonchev–Trinajstić information content (AvgIpc) is 2.27. The summed E-state index contributed by atoms with van der Waals surface area (Å²) in [5.41, 5.74) is 6.27. The molecular formula is C12H19N3. The number of hydrogen-bond acceptors (Lipinski definition) is 3. The molecule has 0 atom stereocenters. The van der Waals surface area contributed by atoms with Gasteiger partial charge in [-0.2, -0.15) is 5.10 Å². The molecular weight excluding hydrogens is 186 g/mol. The smallest absolute Gasteiger partial charge is 0.0648 e. The number of hydrazone groups is 1. The first-order chi connectivity index (χ1) is 7.24. The number of benzene rings is 1. The second kappa shape index (κ2) is 7.74. The van der Waals surface area contributed by atoms with Crippen molar-refractivity contribution >= 4 is 18.1 Å². The third kappa shape index (κ3) is 4.96. The Morgan fingerprint density at radius 1 is 1.20 bits per heavy atom. The zero-order valence-corrected chi connectivity index (χ0v) is 9.83. The van der Waals surface area contributed by atoms with Crippen LogP contribution in [0.1, 0.15) is 25.0 Å². The van der Waals surface area contributed by atoms with Crippen LogP contribution in [0.4, 0.5) is 5.69 Å². The summed E-state index contributed by atoms with van der Waals surface area (Å²) in [7, 11) is 0. The molecule has 0 saturated carbocycles. The molecule has 0 fully saturated rings. The Morgan fingerprint density at radius 3 is 2.40 bits per heavy atom. The van der Waals surface area contributed by atoms with Gasteiger partial charge in [-0.05, 0) is 37.1 Å². The molecule has 1 rings (SSSR count). The fourth-order valence-corrected chi connectivity index (χ4v) is 0.960. The van der Waals surface area contributed by atoms with E-state index in [4.69, 9.17) is 5.41 Å². The SMILES string of the molecule is CC.Cc1ccc(N/N=C\C=N)cc1C. The number of aryl methyl sites for hydroxylation is 2. The molecule has 0 radical (unpaired) electrons. The van der Waals surface area contributed by atoms with Crippen LogP contribution in [0.5, 0.6) is 0 Å². The van der Waals surface area contributed by atoms with Gasteiger partial charge < -0.3 is 5.41 Å². The topological polar surface area (TPSA) is 48.2 Å². The second-order valence-electron chi connectivity index (χ2n) is 2.86. The van der Waals surface area contributed by atoms with Crippen LogP contribution in [0, 0.1) is 19.3 Å². The molecule has 0 aromatic heterocycles. The summed E-state index contributed by atoms with van der Waals surface area (Å²) in [4.78, 5) is 0. The van der Waals surface area contributed by atoms with Crippen molar-refractivity contribution in [2.24, 2.45) is 5.10 Å². The Labute approximate surface area is 91.7 Å². The van der Waals surface area contributed by atoms with E-state index < -0.39 is 0 Å². The summed E-state index contributed by atoms with van der Waals surface area (Å²) in [6, 6.07) is 6.03. The third-order valence-electron chi connectivity index (χ3n) is 1.85. The predicted octanol–water partition coefficient (Wildman–Crippen LogP) is 3.38. The zero-order chi connectivity index (χ0) is 11.7. The molecule has 0 heterocycles. The zero-order valence-electron chi connectivity index (χ0n) is 9.83. The largest absolute Gasteiger partial charge is 0.307 e. The second-order valence-corrected chi connectivity index (χ2v) is 2.86. The number of anilines is 1. The first kappa shape index (κ1) is 13.4. The Kier molecular flexibility index (Phi) is 6.89. The van der Waals surface area contributed by atoms with Gasteiger partial charge in [-0.15, -0.1) is 0 Å². The van der Waals surface area contributed by atoms with E-state index in [0.717, 1.165) is 11.9 Å². The lowest BCUT2D eigenvalue weighted by molar-refractivity contribution is 1.30.